The molecule has 0 spiro atoms. The summed E-state index contributed by atoms with van der Waals surface area (Å²) in [6.45, 7) is 0.299. The Morgan fingerprint density at radius 2 is 2.19 bits per heavy atom. The zero-order valence-corrected chi connectivity index (χ0v) is 13.8. The minimum Gasteiger partial charge on any atom is -0.496 e. The lowest BCUT2D eigenvalue weighted by molar-refractivity contribution is 0.410. The average Bonchev–Trinajstić information content (AvgIpc) is 2.78. The summed E-state index contributed by atoms with van der Waals surface area (Å²) in [5, 5.41) is 3.92. The monoisotopic (exact) mass is 347 g/mol. The predicted molar refractivity (Wildman–Crippen MR) is 85.0 cm³/mol. The molecule has 1 heterocycles. The van der Waals surface area contributed by atoms with Gasteiger partial charge in [0.1, 0.15) is 15.6 Å². The first-order valence-corrected chi connectivity index (χ1v) is 8.89. The molecule has 0 atom stereocenters. The first-order chi connectivity index (χ1) is 9.84. The van der Waals surface area contributed by atoms with Gasteiger partial charge in [-0.3, -0.25) is 0 Å². The number of rotatable bonds is 5. The van der Waals surface area contributed by atoms with Crippen molar-refractivity contribution in [1.82, 2.24) is 4.37 Å². The van der Waals surface area contributed by atoms with Crippen molar-refractivity contribution in [2.75, 3.05) is 24.4 Å². The van der Waals surface area contributed by atoms with E-state index in [-0.39, 0.29) is 10.7 Å². The van der Waals surface area contributed by atoms with Crippen LogP contribution in [0.4, 0.5) is 10.8 Å². The summed E-state index contributed by atoms with van der Waals surface area (Å²) in [5.41, 5.74) is 6.34. The van der Waals surface area contributed by atoms with Crippen molar-refractivity contribution in [3.05, 3.63) is 28.8 Å². The molecule has 1 aromatic heterocycles. The minimum atomic E-state index is -3.45. The SMILES string of the molecule is COc1cccc(Cl)c1CNc1snc(N)c1S(C)(=O)=O. The van der Waals surface area contributed by atoms with Crippen molar-refractivity contribution < 1.29 is 13.2 Å². The van der Waals surface area contributed by atoms with Crippen LogP contribution >= 0.6 is 23.1 Å². The fourth-order valence-electron chi connectivity index (χ4n) is 1.84. The molecule has 0 unspecified atom stereocenters. The van der Waals surface area contributed by atoms with Gasteiger partial charge in [-0.05, 0) is 23.7 Å². The average molecular weight is 348 g/mol. The number of anilines is 2. The van der Waals surface area contributed by atoms with Crippen molar-refractivity contribution in [2.45, 2.75) is 11.4 Å². The topological polar surface area (TPSA) is 94.3 Å². The van der Waals surface area contributed by atoms with Crippen LogP contribution in [0.3, 0.4) is 0 Å². The standard InChI is InChI=1S/C12H14ClN3O3S2/c1-19-9-5-3-4-8(13)7(9)6-15-12-10(21(2,17)18)11(14)16-20-12/h3-5,15H,6H2,1-2H3,(H2,14,16). The molecule has 2 rings (SSSR count). The highest BCUT2D eigenvalue weighted by Gasteiger charge is 2.21. The third kappa shape index (κ3) is 3.39. The fraction of sp³-hybridized carbons (Fsp3) is 0.250. The van der Waals surface area contributed by atoms with Crippen molar-refractivity contribution in [2.24, 2.45) is 0 Å². The van der Waals surface area contributed by atoms with Gasteiger partial charge in [0.15, 0.2) is 15.7 Å². The second-order valence-corrected chi connectivity index (χ2v) is 7.41. The van der Waals surface area contributed by atoms with Crippen LogP contribution in [0.15, 0.2) is 23.1 Å². The van der Waals surface area contributed by atoms with Gasteiger partial charge in [0, 0.05) is 23.4 Å². The van der Waals surface area contributed by atoms with E-state index in [0.717, 1.165) is 23.4 Å². The Morgan fingerprint density at radius 1 is 1.48 bits per heavy atom. The number of halogens is 1. The molecule has 0 saturated carbocycles. The molecule has 0 amide bonds. The van der Waals surface area contributed by atoms with Crippen LogP contribution in [0.25, 0.3) is 0 Å². The number of nitrogens with zero attached hydrogens (tertiary/aromatic N) is 1. The number of hydrogen-bond acceptors (Lipinski definition) is 7. The lowest BCUT2D eigenvalue weighted by Gasteiger charge is -2.11. The van der Waals surface area contributed by atoms with Gasteiger partial charge in [-0.1, -0.05) is 17.7 Å². The normalized spacial score (nSPS) is 11.4. The predicted octanol–water partition coefficient (Wildman–Crippen LogP) is 2.40. The Morgan fingerprint density at radius 3 is 2.81 bits per heavy atom. The molecular formula is C12H14ClN3O3S2. The van der Waals surface area contributed by atoms with E-state index in [4.69, 9.17) is 22.1 Å². The number of nitrogens with two attached hydrogens (primary N) is 1. The molecule has 9 heteroatoms. The second kappa shape index (κ2) is 6.08. The van der Waals surface area contributed by atoms with Crippen molar-refractivity contribution in [3.63, 3.8) is 0 Å². The summed E-state index contributed by atoms with van der Waals surface area (Å²) < 4.78 is 32.6. The highest BCUT2D eigenvalue weighted by Crippen LogP contribution is 2.33. The van der Waals surface area contributed by atoms with E-state index in [1.165, 1.54) is 0 Å². The van der Waals surface area contributed by atoms with E-state index >= 15 is 0 Å². The summed E-state index contributed by atoms with van der Waals surface area (Å²) in [7, 11) is -1.91. The van der Waals surface area contributed by atoms with E-state index in [1.54, 1.807) is 25.3 Å². The highest BCUT2D eigenvalue weighted by atomic mass is 35.5. The summed E-state index contributed by atoms with van der Waals surface area (Å²) in [4.78, 5) is 0.0125. The van der Waals surface area contributed by atoms with Gasteiger partial charge in [-0.25, -0.2) is 8.42 Å². The molecule has 0 aliphatic heterocycles. The van der Waals surface area contributed by atoms with Crippen LogP contribution in [-0.4, -0.2) is 26.2 Å². The fourth-order valence-corrected chi connectivity index (χ4v) is 4.13. The van der Waals surface area contributed by atoms with Crippen LogP contribution in [0, 0.1) is 0 Å². The van der Waals surface area contributed by atoms with Crippen LogP contribution in [0.1, 0.15) is 5.56 Å². The van der Waals surface area contributed by atoms with E-state index in [1.807, 2.05) is 0 Å². The Balaban J connectivity index is 2.30. The summed E-state index contributed by atoms with van der Waals surface area (Å²) in [6, 6.07) is 5.29. The number of nitrogen functional groups attached to an aromatic ring is 1. The van der Waals surface area contributed by atoms with Gasteiger partial charge < -0.3 is 15.8 Å². The zero-order valence-electron chi connectivity index (χ0n) is 11.4. The largest absolute Gasteiger partial charge is 0.496 e. The summed E-state index contributed by atoms with van der Waals surface area (Å²) in [6.07, 6.45) is 1.09. The Labute approximate surface area is 132 Å². The van der Waals surface area contributed by atoms with Gasteiger partial charge >= 0.3 is 0 Å². The molecule has 2 aromatic rings. The molecule has 0 aliphatic carbocycles. The molecule has 0 fully saturated rings. The number of methoxy groups -OCH3 is 1. The molecule has 3 N–H and O–H groups in total. The van der Waals surface area contributed by atoms with E-state index in [2.05, 4.69) is 9.69 Å². The van der Waals surface area contributed by atoms with Gasteiger partial charge in [0.05, 0.1) is 7.11 Å². The first-order valence-electron chi connectivity index (χ1n) is 5.85. The maximum Gasteiger partial charge on any atom is 0.182 e. The Kier molecular flexibility index (Phi) is 4.60. The maximum atomic E-state index is 11.7. The first kappa shape index (κ1) is 15.9. The third-order valence-corrected chi connectivity index (χ3v) is 5.22. The zero-order chi connectivity index (χ0) is 15.6. The van der Waals surface area contributed by atoms with Crippen LogP contribution < -0.4 is 15.8 Å². The van der Waals surface area contributed by atoms with Gasteiger partial charge in [0.2, 0.25) is 0 Å². The number of sulfone groups is 1. The molecule has 6 nitrogen and oxygen atoms in total. The van der Waals surface area contributed by atoms with Gasteiger partial charge in [0.25, 0.3) is 0 Å². The molecule has 114 valence electrons. The lowest BCUT2D eigenvalue weighted by atomic mass is 10.2. The van der Waals surface area contributed by atoms with Crippen LogP contribution in [-0.2, 0) is 16.4 Å². The van der Waals surface area contributed by atoms with Gasteiger partial charge in [-0.15, -0.1) is 0 Å². The Hall–Kier alpha value is -1.51. The lowest BCUT2D eigenvalue weighted by Crippen LogP contribution is -2.06. The molecule has 0 aliphatic rings. The molecule has 0 radical (unpaired) electrons. The second-order valence-electron chi connectivity index (χ2n) is 4.27. The number of hydrogen-bond donors (Lipinski definition) is 2. The minimum absolute atomic E-state index is 0.00359. The number of ether oxygens (including phenoxy) is 1. The van der Waals surface area contributed by atoms with Crippen LogP contribution in [0.2, 0.25) is 5.02 Å². The highest BCUT2D eigenvalue weighted by molar-refractivity contribution is 7.91. The summed E-state index contributed by atoms with van der Waals surface area (Å²) >= 11 is 7.13. The van der Waals surface area contributed by atoms with Crippen LogP contribution in [0.5, 0.6) is 5.75 Å². The summed E-state index contributed by atoms with van der Waals surface area (Å²) in [5.74, 6) is 0.615. The van der Waals surface area contributed by atoms with Crippen molar-refractivity contribution in [1.29, 1.82) is 0 Å². The van der Waals surface area contributed by atoms with E-state index in [0.29, 0.717) is 22.3 Å². The van der Waals surface area contributed by atoms with Crippen molar-refractivity contribution in [3.8, 4) is 5.75 Å². The molecular weight excluding hydrogens is 334 g/mol. The molecule has 0 saturated heterocycles. The third-order valence-electron chi connectivity index (χ3n) is 2.77. The molecule has 1 aromatic carbocycles. The van der Waals surface area contributed by atoms with E-state index < -0.39 is 9.84 Å². The van der Waals surface area contributed by atoms with E-state index in [9.17, 15) is 8.42 Å². The molecule has 21 heavy (non-hydrogen) atoms. The quantitative estimate of drug-likeness (QED) is 0.862. The number of aromatic nitrogens is 1. The van der Waals surface area contributed by atoms with Gasteiger partial charge in [-0.2, -0.15) is 4.37 Å². The Bertz CT molecular complexity index is 759. The smallest absolute Gasteiger partial charge is 0.182 e. The maximum absolute atomic E-state index is 11.7. The number of nitrogens with one attached hydrogen (secondary N) is 1. The van der Waals surface area contributed by atoms with Crippen molar-refractivity contribution >= 4 is 43.8 Å². The molecule has 0 bridgehead atoms. The number of benzene rings is 1.